The van der Waals surface area contributed by atoms with E-state index in [9.17, 15) is 4.39 Å². The minimum atomic E-state index is -0.295. The molecule has 0 unspecified atom stereocenters. The normalized spacial score (nSPS) is 10.6. The highest BCUT2D eigenvalue weighted by Crippen LogP contribution is 2.20. The van der Waals surface area contributed by atoms with E-state index in [0.29, 0.717) is 23.8 Å². The van der Waals surface area contributed by atoms with Gasteiger partial charge in [0, 0.05) is 5.56 Å². The summed E-state index contributed by atoms with van der Waals surface area (Å²) in [4.78, 5) is 0. The Hall–Kier alpha value is -2.69. The Balaban J connectivity index is 1.76. The van der Waals surface area contributed by atoms with Gasteiger partial charge in [0.25, 0.3) is 0 Å². The quantitative estimate of drug-likeness (QED) is 0.736. The average molecular weight is 284 g/mol. The maximum Gasteiger partial charge on any atom is 0.247 e. The Labute approximate surface area is 121 Å². The molecule has 0 aliphatic rings. The molecule has 0 atom stereocenters. The van der Waals surface area contributed by atoms with E-state index in [1.807, 2.05) is 24.3 Å². The zero-order valence-electron chi connectivity index (χ0n) is 11.4. The molecular formula is C16H13FN2O2. The van der Waals surface area contributed by atoms with Crippen LogP contribution in [0.2, 0.25) is 0 Å². The molecule has 0 spiro atoms. The standard InChI is InChI=1S/C16H13FN2O2/c1-20-14-8-2-11(3-9-14)10-15-18-19-16(21-15)12-4-6-13(17)7-5-12/h2-9H,10H2,1H3. The van der Waals surface area contributed by atoms with Crippen molar-refractivity contribution in [1.29, 1.82) is 0 Å². The molecule has 1 aromatic heterocycles. The Kier molecular flexibility index (Phi) is 3.64. The Morgan fingerprint density at radius 1 is 1.00 bits per heavy atom. The lowest BCUT2D eigenvalue weighted by Gasteiger charge is -2.00. The zero-order valence-corrected chi connectivity index (χ0v) is 11.4. The first kappa shape index (κ1) is 13.3. The fourth-order valence-corrected chi connectivity index (χ4v) is 1.95. The second kappa shape index (κ2) is 5.75. The Morgan fingerprint density at radius 2 is 1.71 bits per heavy atom. The molecule has 0 bridgehead atoms. The van der Waals surface area contributed by atoms with Crippen molar-refractivity contribution in [3.63, 3.8) is 0 Å². The van der Waals surface area contributed by atoms with E-state index in [-0.39, 0.29) is 5.82 Å². The number of aromatic nitrogens is 2. The van der Waals surface area contributed by atoms with Crippen molar-refractivity contribution in [3.8, 4) is 17.2 Å². The van der Waals surface area contributed by atoms with Gasteiger partial charge in [-0.1, -0.05) is 12.1 Å². The first-order chi connectivity index (χ1) is 10.2. The van der Waals surface area contributed by atoms with E-state index in [4.69, 9.17) is 9.15 Å². The van der Waals surface area contributed by atoms with Crippen LogP contribution in [-0.2, 0) is 6.42 Å². The molecule has 5 heteroatoms. The van der Waals surface area contributed by atoms with Crippen LogP contribution >= 0.6 is 0 Å². The zero-order chi connectivity index (χ0) is 14.7. The minimum absolute atomic E-state index is 0.295. The van der Waals surface area contributed by atoms with Crippen molar-refractivity contribution < 1.29 is 13.5 Å². The number of halogens is 1. The van der Waals surface area contributed by atoms with E-state index in [1.165, 1.54) is 12.1 Å². The Bertz CT molecular complexity index is 721. The monoisotopic (exact) mass is 284 g/mol. The second-order valence-electron chi connectivity index (χ2n) is 4.53. The van der Waals surface area contributed by atoms with Gasteiger partial charge < -0.3 is 9.15 Å². The van der Waals surface area contributed by atoms with Crippen LogP contribution in [0.25, 0.3) is 11.5 Å². The highest BCUT2D eigenvalue weighted by molar-refractivity contribution is 5.52. The van der Waals surface area contributed by atoms with Crippen molar-refractivity contribution in [1.82, 2.24) is 10.2 Å². The summed E-state index contributed by atoms with van der Waals surface area (Å²) < 4.78 is 23.6. The third-order valence-electron chi connectivity index (χ3n) is 3.07. The lowest BCUT2D eigenvalue weighted by Crippen LogP contribution is -1.89. The van der Waals surface area contributed by atoms with Gasteiger partial charge in [-0.2, -0.15) is 0 Å². The first-order valence-electron chi connectivity index (χ1n) is 6.46. The van der Waals surface area contributed by atoms with Gasteiger partial charge in [-0.15, -0.1) is 10.2 Å². The molecule has 0 N–H and O–H groups in total. The van der Waals surface area contributed by atoms with Gasteiger partial charge in [0.05, 0.1) is 13.5 Å². The van der Waals surface area contributed by atoms with Crippen LogP contribution in [0.3, 0.4) is 0 Å². The molecule has 1 heterocycles. The molecular weight excluding hydrogens is 271 g/mol. The van der Waals surface area contributed by atoms with Crippen LogP contribution in [0.1, 0.15) is 11.5 Å². The SMILES string of the molecule is COc1ccc(Cc2nnc(-c3ccc(F)cc3)o2)cc1. The summed E-state index contributed by atoms with van der Waals surface area (Å²) in [6.45, 7) is 0. The van der Waals surface area contributed by atoms with Gasteiger partial charge in [-0.05, 0) is 42.0 Å². The van der Waals surface area contributed by atoms with Crippen LogP contribution < -0.4 is 4.74 Å². The van der Waals surface area contributed by atoms with Crippen LogP contribution in [0.4, 0.5) is 4.39 Å². The predicted octanol–water partition coefficient (Wildman–Crippen LogP) is 3.48. The van der Waals surface area contributed by atoms with Crippen molar-refractivity contribution >= 4 is 0 Å². The number of rotatable bonds is 4. The molecule has 3 rings (SSSR count). The summed E-state index contributed by atoms with van der Waals surface area (Å²) in [6, 6.07) is 13.6. The van der Waals surface area contributed by atoms with E-state index < -0.39 is 0 Å². The summed E-state index contributed by atoms with van der Waals surface area (Å²) in [5, 5.41) is 7.99. The third kappa shape index (κ3) is 3.08. The highest BCUT2D eigenvalue weighted by atomic mass is 19.1. The van der Waals surface area contributed by atoms with E-state index in [2.05, 4.69) is 10.2 Å². The van der Waals surface area contributed by atoms with Crippen LogP contribution in [0, 0.1) is 5.82 Å². The van der Waals surface area contributed by atoms with E-state index >= 15 is 0 Å². The van der Waals surface area contributed by atoms with Crippen molar-refractivity contribution in [3.05, 3.63) is 65.8 Å². The number of hydrogen-bond acceptors (Lipinski definition) is 4. The fraction of sp³-hybridized carbons (Fsp3) is 0.125. The minimum Gasteiger partial charge on any atom is -0.497 e. The summed E-state index contributed by atoms with van der Waals surface area (Å²) in [5.41, 5.74) is 1.75. The van der Waals surface area contributed by atoms with Gasteiger partial charge in [-0.25, -0.2) is 4.39 Å². The number of methoxy groups -OCH3 is 1. The van der Waals surface area contributed by atoms with Gasteiger partial charge >= 0.3 is 0 Å². The molecule has 4 nitrogen and oxygen atoms in total. The highest BCUT2D eigenvalue weighted by Gasteiger charge is 2.09. The van der Waals surface area contributed by atoms with Gasteiger partial charge in [0.1, 0.15) is 11.6 Å². The summed E-state index contributed by atoms with van der Waals surface area (Å²) in [5.74, 6) is 1.41. The largest absolute Gasteiger partial charge is 0.497 e. The molecule has 0 saturated heterocycles. The molecule has 0 radical (unpaired) electrons. The van der Waals surface area contributed by atoms with Crippen molar-refractivity contribution in [2.45, 2.75) is 6.42 Å². The Morgan fingerprint density at radius 3 is 2.38 bits per heavy atom. The van der Waals surface area contributed by atoms with Crippen LogP contribution in [0.15, 0.2) is 52.9 Å². The summed E-state index contributed by atoms with van der Waals surface area (Å²) in [7, 11) is 1.63. The number of ether oxygens (including phenoxy) is 1. The lowest BCUT2D eigenvalue weighted by atomic mass is 10.1. The second-order valence-corrected chi connectivity index (χ2v) is 4.53. The first-order valence-corrected chi connectivity index (χ1v) is 6.46. The fourth-order valence-electron chi connectivity index (χ4n) is 1.95. The third-order valence-corrected chi connectivity index (χ3v) is 3.07. The molecule has 0 aliphatic carbocycles. The topological polar surface area (TPSA) is 48.2 Å². The van der Waals surface area contributed by atoms with Crippen molar-refractivity contribution in [2.24, 2.45) is 0 Å². The van der Waals surface area contributed by atoms with Gasteiger partial charge in [0.15, 0.2) is 0 Å². The van der Waals surface area contributed by atoms with Gasteiger partial charge in [0.2, 0.25) is 11.8 Å². The maximum absolute atomic E-state index is 12.9. The van der Waals surface area contributed by atoms with Crippen molar-refractivity contribution in [2.75, 3.05) is 7.11 Å². The summed E-state index contributed by atoms with van der Waals surface area (Å²) >= 11 is 0. The lowest BCUT2D eigenvalue weighted by molar-refractivity contribution is 0.414. The number of hydrogen-bond donors (Lipinski definition) is 0. The molecule has 21 heavy (non-hydrogen) atoms. The molecule has 0 fully saturated rings. The number of nitrogens with zero attached hydrogens (tertiary/aromatic N) is 2. The smallest absolute Gasteiger partial charge is 0.247 e. The average Bonchev–Trinajstić information content (AvgIpc) is 2.97. The van der Waals surface area contributed by atoms with Gasteiger partial charge in [-0.3, -0.25) is 0 Å². The molecule has 2 aromatic carbocycles. The maximum atomic E-state index is 12.9. The van der Waals surface area contributed by atoms with Crippen LogP contribution in [0.5, 0.6) is 5.75 Å². The summed E-state index contributed by atoms with van der Waals surface area (Å²) in [6.07, 6.45) is 0.540. The van der Waals surface area contributed by atoms with E-state index in [0.717, 1.165) is 11.3 Å². The van der Waals surface area contributed by atoms with E-state index in [1.54, 1.807) is 19.2 Å². The molecule has 3 aromatic rings. The molecule has 0 saturated carbocycles. The van der Waals surface area contributed by atoms with Crippen LogP contribution in [-0.4, -0.2) is 17.3 Å². The number of benzene rings is 2. The molecule has 106 valence electrons. The molecule has 0 amide bonds. The molecule has 0 aliphatic heterocycles. The predicted molar refractivity (Wildman–Crippen MR) is 75.5 cm³/mol.